The highest BCUT2D eigenvalue weighted by atomic mass is 32.2. The quantitative estimate of drug-likeness (QED) is 0.817. The Bertz CT molecular complexity index is 541. The van der Waals surface area contributed by atoms with Crippen LogP contribution in [0.4, 0.5) is 0 Å². The lowest BCUT2D eigenvalue weighted by Gasteiger charge is -2.02. The fourth-order valence-corrected chi connectivity index (χ4v) is 2.85. The second kappa shape index (κ2) is 4.15. The maximum absolute atomic E-state index is 11.5. The summed E-state index contributed by atoms with van der Waals surface area (Å²) in [5.74, 6) is -0.496. The molecule has 94 valence electrons. The summed E-state index contributed by atoms with van der Waals surface area (Å²) in [7, 11) is -3.27. The number of carboxylic acids is 1. The number of furan rings is 1. The van der Waals surface area contributed by atoms with Crippen LogP contribution in [0, 0.1) is 6.92 Å². The van der Waals surface area contributed by atoms with E-state index in [-0.39, 0.29) is 23.1 Å². The molecule has 0 atom stereocenters. The van der Waals surface area contributed by atoms with E-state index < -0.39 is 16.0 Å². The van der Waals surface area contributed by atoms with E-state index in [0.717, 1.165) is 0 Å². The zero-order chi connectivity index (χ0) is 12.6. The fraction of sp³-hybridized carbons (Fsp3) is 0.500. The van der Waals surface area contributed by atoms with E-state index in [2.05, 4.69) is 4.72 Å². The van der Waals surface area contributed by atoms with Gasteiger partial charge in [-0.25, -0.2) is 17.9 Å². The highest BCUT2D eigenvalue weighted by Gasteiger charge is 2.35. The van der Waals surface area contributed by atoms with Crippen LogP contribution in [0.25, 0.3) is 0 Å². The molecule has 1 fully saturated rings. The van der Waals surface area contributed by atoms with E-state index >= 15 is 0 Å². The lowest BCUT2D eigenvalue weighted by atomic mass is 10.2. The molecule has 0 bridgehead atoms. The van der Waals surface area contributed by atoms with E-state index in [1.54, 1.807) is 0 Å². The molecule has 17 heavy (non-hydrogen) atoms. The molecule has 1 saturated carbocycles. The van der Waals surface area contributed by atoms with Gasteiger partial charge >= 0.3 is 5.97 Å². The predicted octanol–water partition coefficient (Wildman–Crippen LogP) is 0.868. The molecule has 7 heteroatoms. The van der Waals surface area contributed by atoms with Gasteiger partial charge in [0.2, 0.25) is 10.0 Å². The van der Waals surface area contributed by atoms with Crippen molar-refractivity contribution in [1.82, 2.24) is 4.72 Å². The Labute approximate surface area is 98.7 Å². The first-order chi connectivity index (χ1) is 7.90. The SMILES string of the molecule is Cc1oc(CNS(=O)(=O)C2CC2)cc1C(=O)O. The molecule has 1 aliphatic carbocycles. The zero-order valence-electron chi connectivity index (χ0n) is 9.26. The predicted molar refractivity (Wildman–Crippen MR) is 59.2 cm³/mol. The first-order valence-electron chi connectivity index (χ1n) is 5.21. The molecule has 2 rings (SSSR count). The van der Waals surface area contributed by atoms with Gasteiger partial charge in [-0.05, 0) is 25.8 Å². The number of hydrogen-bond donors (Lipinski definition) is 2. The monoisotopic (exact) mass is 259 g/mol. The van der Waals surface area contributed by atoms with Crippen molar-refractivity contribution in [1.29, 1.82) is 0 Å². The third-order valence-corrected chi connectivity index (χ3v) is 4.51. The van der Waals surface area contributed by atoms with E-state index in [1.807, 2.05) is 0 Å². The summed E-state index contributed by atoms with van der Waals surface area (Å²) in [6.45, 7) is 1.52. The van der Waals surface area contributed by atoms with Gasteiger partial charge in [0.1, 0.15) is 17.1 Å². The number of rotatable bonds is 5. The number of carboxylic acid groups (broad SMARTS) is 1. The fourth-order valence-electron chi connectivity index (χ4n) is 1.51. The van der Waals surface area contributed by atoms with Crippen LogP contribution < -0.4 is 4.72 Å². The van der Waals surface area contributed by atoms with Crippen molar-refractivity contribution in [2.45, 2.75) is 31.6 Å². The molecule has 0 aliphatic heterocycles. The van der Waals surface area contributed by atoms with Gasteiger partial charge in [-0.2, -0.15) is 0 Å². The molecule has 0 unspecified atom stereocenters. The third kappa shape index (κ3) is 2.67. The van der Waals surface area contributed by atoms with Crippen LogP contribution in [0.15, 0.2) is 10.5 Å². The van der Waals surface area contributed by atoms with Crippen LogP contribution in [-0.2, 0) is 16.6 Å². The zero-order valence-corrected chi connectivity index (χ0v) is 10.1. The van der Waals surface area contributed by atoms with Gasteiger partial charge in [0.15, 0.2) is 0 Å². The van der Waals surface area contributed by atoms with Crippen LogP contribution in [0.1, 0.15) is 34.7 Å². The van der Waals surface area contributed by atoms with E-state index in [4.69, 9.17) is 9.52 Å². The highest BCUT2D eigenvalue weighted by molar-refractivity contribution is 7.90. The van der Waals surface area contributed by atoms with Gasteiger partial charge in [0.05, 0.1) is 11.8 Å². The van der Waals surface area contributed by atoms with Crippen molar-refractivity contribution in [3.05, 3.63) is 23.2 Å². The van der Waals surface area contributed by atoms with Crippen LogP contribution in [0.2, 0.25) is 0 Å². The van der Waals surface area contributed by atoms with Crippen molar-refractivity contribution in [3.63, 3.8) is 0 Å². The first-order valence-corrected chi connectivity index (χ1v) is 6.76. The Balaban J connectivity index is 2.04. The van der Waals surface area contributed by atoms with Crippen LogP contribution in [0.3, 0.4) is 0 Å². The molecule has 0 amide bonds. The topological polar surface area (TPSA) is 96.6 Å². The van der Waals surface area contributed by atoms with Gasteiger partial charge in [-0.15, -0.1) is 0 Å². The van der Waals surface area contributed by atoms with Crippen LogP contribution in [-0.4, -0.2) is 24.7 Å². The lowest BCUT2D eigenvalue weighted by molar-refractivity contribution is 0.0695. The minimum atomic E-state index is -3.27. The summed E-state index contributed by atoms with van der Waals surface area (Å²) < 4.78 is 30.6. The minimum Gasteiger partial charge on any atom is -0.478 e. The summed E-state index contributed by atoms with van der Waals surface area (Å²) in [6, 6.07) is 1.34. The maximum Gasteiger partial charge on any atom is 0.339 e. The number of aryl methyl sites for hydroxylation is 1. The average molecular weight is 259 g/mol. The first kappa shape index (κ1) is 12.1. The maximum atomic E-state index is 11.5. The van der Waals surface area contributed by atoms with E-state index in [1.165, 1.54) is 13.0 Å². The lowest BCUT2D eigenvalue weighted by Crippen LogP contribution is -2.26. The van der Waals surface area contributed by atoms with Gasteiger partial charge < -0.3 is 9.52 Å². The summed E-state index contributed by atoms with van der Waals surface area (Å²) >= 11 is 0. The molecular weight excluding hydrogens is 246 g/mol. The van der Waals surface area contributed by atoms with Crippen molar-refractivity contribution < 1.29 is 22.7 Å². The summed E-state index contributed by atoms with van der Waals surface area (Å²) in [5.41, 5.74) is 0.0608. The number of carbonyl (C=O) groups is 1. The van der Waals surface area contributed by atoms with Gasteiger partial charge in [0, 0.05) is 0 Å². The van der Waals surface area contributed by atoms with Gasteiger partial charge in [0.25, 0.3) is 0 Å². The standard InChI is InChI=1S/C10H13NO5S/c1-6-9(10(12)13)4-7(16-6)5-11-17(14,15)8-2-3-8/h4,8,11H,2-3,5H2,1H3,(H,12,13). The number of hydrogen-bond acceptors (Lipinski definition) is 4. The van der Waals surface area contributed by atoms with E-state index in [9.17, 15) is 13.2 Å². The molecule has 1 aromatic rings. The van der Waals surface area contributed by atoms with Crippen molar-refractivity contribution in [2.24, 2.45) is 0 Å². The largest absolute Gasteiger partial charge is 0.478 e. The Morgan fingerprint density at radius 1 is 1.59 bits per heavy atom. The minimum absolute atomic E-state index is 0.00699. The molecule has 0 saturated heterocycles. The Morgan fingerprint density at radius 3 is 2.71 bits per heavy atom. The summed E-state index contributed by atoms with van der Waals surface area (Å²) in [4.78, 5) is 10.8. The van der Waals surface area contributed by atoms with Crippen molar-refractivity contribution >= 4 is 16.0 Å². The number of sulfonamides is 1. The Morgan fingerprint density at radius 2 is 2.24 bits per heavy atom. The molecule has 1 aromatic heterocycles. The highest BCUT2D eigenvalue weighted by Crippen LogP contribution is 2.27. The average Bonchev–Trinajstić information content (AvgIpc) is 3.00. The Hall–Kier alpha value is -1.34. The molecule has 1 aliphatic rings. The van der Waals surface area contributed by atoms with E-state index in [0.29, 0.717) is 18.6 Å². The molecular formula is C10H13NO5S. The molecule has 0 spiro atoms. The second-order valence-electron chi connectivity index (χ2n) is 4.05. The Kier molecular flexibility index (Phi) is 2.96. The number of aromatic carboxylic acids is 1. The molecule has 2 N–H and O–H groups in total. The summed E-state index contributed by atoms with van der Waals surface area (Å²) in [6.07, 6.45) is 1.37. The van der Waals surface area contributed by atoms with Gasteiger partial charge in [-0.1, -0.05) is 0 Å². The third-order valence-electron chi connectivity index (χ3n) is 2.61. The van der Waals surface area contributed by atoms with Crippen molar-refractivity contribution in [2.75, 3.05) is 0 Å². The molecule has 0 radical (unpaired) electrons. The second-order valence-corrected chi connectivity index (χ2v) is 6.10. The van der Waals surface area contributed by atoms with Crippen LogP contribution >= 0.6 is 0 Å². The number of nitrogens with one attached hydrogen (secondary N) is 1. The molecule has 1 heterocycles. The van der Waals surface area contributed by atoms with Gasteiger partial charge in [-0.3, -0.25) is 0 Å². The molecule has 6 nitrogen and oxygen atoms in total. The van der Waals surface area contributed by atoms with Crippen molar-refractivity contribution in [3.8, 4) is 0 Å². The van der Waals surface area contributed by atoms with Crippen LogP contribution in [0.5, 0.6) is 0 Å². The normalized spacial score (nSPS) is 16.1. The smallest absolute Gasteiger partial charge is 0.339 e. The summed E-state index contributed by atoms with van der Waals surface area (Å²) in [5, 5.41) is 8.51. The molecule has 0 aromatic carbocycles.